The highest BCUT2D eigenvalue weighted by Gasteiger charge is 2.19. The molecule has 0 aromatic carbocycles. The molecule has 0 amide bonds. The molecule has 0 aromatic rings. The largest absolute Gasteiger partial charge is 0.384 e. The molecule has 1 N–H and O–H groups in total. The molecular weight excluding hydrogens is 118 g/mol. The van der Waals surface area contributed by atoms with Crippen molar-refractivity contribution >= 4 is 0 Å². The average molecular weight is 131 g/mol. The molecule has 9 heavy (non-hydrogen) atoms. The number of hydrogen-bond donors (Lipinski definition) is 1. The minimum absolute atomic E-state index is 0.542. The molecule has 0 bridgehead atoms. The molecule has 54 valence electrons. The van der Waals surface area contributed by atoms with Crippen LogP contribution in [0.4, 0.5) is 0 Å². The highest BCUT2D eigenvalue weighted by Crippen LogP contribution is 2.13. The van der Waals surface area contributed by atoms with Crippen molar-refractivity contribution in [1.82, 2.24) is 5.06 Å². The zero-order valence-electron chi connectivity index (χ0n) is 5.71. The maximum absolute atomic E-state index is 8.90. The number of methoxy groups -OCH3 is 1. The van der Waals surface area contributed by atoms with Crippen LogP contribution in [-0.4, -0.2) is 37.1 Å². The fraction of sp³-hybridized carbons (Fsp3) is 1.00. The minimum atomic E-state index is 0.542. The summed E-state index contributed by atoms with van der Waals surface area (Å²) in [6, 6.07) is 0. The predicted octanol–water partition coefficient (Wildman–Crippen LogP) is 0.344. The van der Waals surface area contributed by atoms with E-state index in [1.165, 1.54) is 5.06 Å². The van der Waals surface area contributed by atoms with Crippen molar-refractivity contribution in [3.63, 3.8) is 0 Å². The number of rotatable bonds is 2. The fourth-order valence-corrected chi connectivity index (χ4v) is 1.18. The lowest BCUT2D eigenvalue weighted by Gasteiger charge is -2.06. The van der Waals surface area contributed by atoms with Crippen molar-refractivity contribution in [3.8, 4) is 0 Å². The lowest BCUT2D eigenvalue weighted by atomic mass is 10.1. The van der Waals surface area contributed by atoms with Gasteiger partial charge in [-0.25, -0.2) is 0 Å². The van der Waals surface area contributed by atoms with Gasteiger partial charge in [-0.15, -0.1) is 0 Å². The molecule has 3 nitrogen and oxygen atoms in total. The first-order chi connectivity index (χ1) is 4.33. The van der Waals surface area contributed by atoms with E-state index in [9.17, 15) is 0 Å². The van der Waals surface area contributed by atoms with Crippen LogP contribution in [0.1, 0.15) is 6.42 Å². The van der Waals surface area contributed by atoms with Crippen molar-refractivity contribution in [3.05, 3.63) is 0 Å². The summed E-state index contributed by atoms with van der Waals surface area (Å²) < 4.78 is 4.94. The molecule has 0 spiro atoms. The van der Waals surface area contributed by atoms with Gasteiger partial charge in [0.25, 0.3) is 0 Å². The molecule has 1 atom stereocenters. The third-order valence-electron chi connectivity index (χ3n) is 1.67. The number of ether oxygens (including phenoxy) is 1. The Hall–Kier alpha value is -0.120. The van der Waals surface area contributed by atoms with E-state index in [4.69, 9.17) is 9.94 Å². The first kappa shape index (κ1) is 6.99. The van der Waals surface area contributed by atoms with Crippen LogP contribution in [0, 0.1) is 5.92 Å². The second-order valence-corrected chi connectivity index (χ2v) is 2.52. The van der Waals surface area contributed by atoms with Crippen molar-refractivity contribution < 1.29 is 9.94 Å². The van der Waals surface area contributed by atoms with Gasteiger partial charge >= 0.3 is 0 Å². The molecule has 0 aromatic heterocycles. The smallest absolute Gasteiger partial charge is 0.0504 e. The van der Waals surface area contributed by atoms with Crippen LogP contribution in [-0.2, 0) is 4.74 Å². The average Bonchev–Trinajstić information content (AvgIpc) is 2.17. The van der Waals surface area contributed by atoms with Crippen LogP contribution in [0.2, 0.25) is 0 Å². The van der Waals surface area contributed by atoms with E-state index in [0.29, 0.717) is 5.92 Å². The second-order valence-electron chi connectivity index (χ2n) is 2.52. The maximum Gasteiger partial charge on any atom is 0.0504 e. The summed E-state index contributed by atoms with van der Waals surface area (Å²) in [7, 11) is 1.69. The summed E-state index contributed by atoms with van der Waals surface area (Å²) in [5.74, 6) is 0.542. The van der Waals surface area contributed by atoms with Gasteiger partial charge < -0.3 is 9.94 Å². The molecule has 1 saturated heterocycles. The Morgan fingerprint density at radius 1 is 1.78 bits per heavy atom. The lowest BCUT2D eigenvalue weighted by Crippen LogP contribution is -2.16. The van der Waals surface area contributed by atoms with Crippen molar-refractivity contribution in [1.29, 1.82) is 0 Å². The molecule has 1 heterocycles. The van der Waals surface area contributed by atoms with E-state index in [2.05, 4.69) is 0 Å². The molecule has 1 fully saturated rings. The Bertz CT molecular complexity index is 85.1. The third kappa shape index (κ3) is 1.93. The van der Waals surface area contributed by atoms with Crippen LogP contribution in [0.3, 0.4) is 0 Å². The number of hydrogen-bond acceptors (Lipinski definition) is 3. The Morgan fingerprint density at radius 3 is 3.00 bits per heavy atom. The summed E-state index contributed by atoms with van der Waals surface area (Å²) >= 11 is 0. The van der Waals surface area contributed by atoms with E-state index in [-0.39, 0.29) is 0 Å². The summed E-state index contributed by atoms with van der Waals surface area (Å²) in [5, 5.41) is 10.3. The van der Waals surface area contributed by atoms with E-state index >= 15 is 0 Å². The maximum atomic E-state index is 8.90. The van der Waals surface area contributed by atoms with Gasteiger partial charge in [0.1, 0.15) is 0 Å². The summed E-state index contributed by atoms with van der Waals surface area (Å²) in [6.45, 7) is 2.35. The highest BCUT2D eigenvalue weighted by atomic mass is 16.5. The quantitative estimate of drug-likeness (QED) is 0.586. The first-order valence-corrected chi connectivity index (χ1v) is 3.25. The SMILES string of the molecule is COCC1CCN(O)C1. The number of nitrogens with zero attached hydrogens (tertiary/aromatic N) is 1. The Balaban J connectivity index is 2.14. The van der Waals surface area contributed by atoms with Crippen molar-refractivity contribution in [2.75, 3.05) is 26.8 Å². The standard InChI is InChI=1S/C6H13NO2/c1-9-5-6-2-3-7(8)4-6/h6,8H,2-5H2,1H3. The minimum Gasteiger partial charge on any atom is -0.384 e. The third-order valence-corrected chi connectivity index (χ3v) is 1.67. The van der Waals surface area contributed by atoms with Gasteiger partial charge in [0.15, 0.2) is 0 Å². The van der Waals surface area contributed by atoms with E-state index in [1.807, 2.05) is 0 Å². The van der Waals surface area contributed by atoms with Gasteiger partial charge in [-0.3, -0.25) is 0 Å². The molecule has 0 radical (unpaired) electrons. The molecule has 0 aliphatic carbocycles. The van der Waals surface area contributed by atoms with Crippen LogP contribution in [0.5, 0.6) is 0 Å². The molecular formula is C6H13NO2. The van der Waals surface area contributed by atoms with Crippen LogP contribution < -0.4 is 0 Å². The Labute approximate surface area is 55.2 Å². The van der Waals surface area contributed by atoms with E-state index in [0.717, 1.165) is 26.1 Å². The van der Waals surface area contributed by atoms with Gasteiger partial charge in [0.2, 0.25) is 0 Å². The zero-order valence-corrected chi connectivity index (χ0v) is 5.71. The highest BCUT2D eigenvalue weighted by molar-refractivity contribution is 4.68. The summed E-state index contributed by atoms with van der Waals surface area (Å²) in [4.78, 5) is 0. The van der Waals surface area contributed by atoms with E-state index in [1.54, 1.807) is 7.11 Å². The van der Waals surface area contributed by atoms with Crippen LogP contribution in [0.25, 0.3) is 0 Å². The second kappa shape index (κ2) is 3.15. The van der Waals surface area contributed by atoms with Gasteiger partial charge in [-0.05, 0) is 12.3 Å². The molecule has 3 heteroatoms. The summed E-state index contributed by atoms with van der Waals surface area (Å²) in [6.07, 6.45) is 1.06. The molecule has 1 aliphatic heterocycles. The van der Waals surface area contributed by atoms with Gasteiger partial charge in [-0.2, -0.15) is 5.06 Å². The van der Waals surface area contributed by atoms with Crippen LogP contribution in [0.15, 0.2) is 0 Å². The molecule has 1 rings (SSSR count). The first-order valence-electron chi connectivity index (χ1n) is 3.25. The predicted molar refractivity (Wildman–Crippen MR) is 33.3 cm³/mol. The van der Waals surface area contributed by atoms with Crippen LogP contribution >= 0.6 is 0 Å². The molecule has 1 unspecified atom stereocenters. The van der Waals surface area contributed by atoms with Gasteiger partial charge in [0.05, 0.1) is 6.61 Å². The Morgan fingerprint density at radius 2 is 2.56 bits per heavy atom. The van der Waals surface area contributed by atoms with Gasteiger partial charge in [0, 0.05) is 20.2 Å². The number of hydroxylamine groups is 2. The lowest BCUT2D eigenvalue weighted by molar-refractivity contribution is -0.0732. The van der Waals surface area contributed by atoms with Crippen molar-refractivity contribution in [2.45, 2.75) is 6.42 Å². The fourth-order valence-electron chi connectivity index (χ4n) is 1.18. The van der Waals surface area contributed by atoms with Gasteiger partial charge in [-0.1, -0.05) is 0 Å². The Kier molecular flexibility index (Phi) is 2.45. The van der Waals surface area contributed by atoms with E-state index < -0.39 is 0 Å². The monoisotopic (exact) mass is 131 g/mol. The molecule has 1 aliphatic rings. The van der Waals surface area contributed by atoms with Crippen molar-refractivity contribution in [2.24, 2.45) is 5.92 Å². The normalized spacial score (nSPS) is 29.3. The summed E-state index contributed by atoms with van der Waals surface area (Å²) in [5.41, 5.74) is 0. The topological polar surface area (TPSA) is 32.7 Å². The zero-order chi connectivity index (χ0) is 6.69. The molecule has 0 saturated carbocycles.